The standard InChI is InChI=1S/C14H15F3O7S/c1-4-23-12(18)6-5-9-7-10(21-2)13(11(8-9)22-3)24-25(19,20)14(15,16)17/h5-8H,4H2,1-3H3. The van der Waals surface area contributed by atoms with Crippen molar-refractivity contribution in [3.8, 4) is 17.2 Å². The molecule has 1 aromatic carbocycles. The van der Waals surface area contributed by atoms with Crippen LogP contribution in [0.3, 0.4) is 0 Å². The number of hydrogen-bond acceptors (Lipinski definition) is 7. The number of methoxy groups -OCH3 is 2. The van der Waals surface area contributed by atoms with Gasteiger partial charge in [-0.15, -0.1) is 0 Å². The van der Waals surface area contributed by atoms with Gasteiger partial charge < -0.3 is 18.4 Å². The van der Waals surface area contributed by atoms with Crippen molar-refractivity contribution < 1.29 is 44.8 Å². The molecule has 140 valence electrons. The number of rotatable bonds is 7. The maximum Gasteiger partial charge on any atom is 0.534 e. The van der Waals surface area contributed by atoms with Crippen LogP contribution >= 0.6 is 0 Å². The maximum absolute atomic E-state index is 12.5. The minimum absolute atomic E-state index is 0.165. The van der Waals surface area contributed by atoms with Crippen LogP contribution in [0, 0.1) is 0 Å². The Morgan fingerprint density at radius 2 is 1.68 bits per heavy atom. The van der Waals surface area contributed by atoms with Gasteiger partial charge in [0.2, 0.25) is 5.75 Å². The fourth-order valence-electron chi connectivity index (χ4n) is 1.59. The number of benzene rings is 1. The molecule has 11 heteroatoms. The lowest BCUT2D eigenvalue weighted by atomic mass is 10.1. The summed E-state index contributed by atoms with van der Waals surface area (Å²) in [6, 6.07) is 2.33. The molecule has 0 spiro atoms. The highest BCUT2D eigenvalue weighted by molar-refractivity contribution is 7.88. The topological polar surface area (TPSA) is 88.1 Å². The molecule has 0 unspecified atom stereocenters. The van der Waals surface area contributed by atoms with E-state index < -0.39 is 27.3 Å². The molecular formula is C14H15F3O7S. The number of esters is 1. The summed E-state index contributed by atoms with van der Waals surface area (Å²) in [6.45, 7) is 1.78. The molecular weight excluding hydrogens is 369 g/mol. The molecule has 1 aromatic rings. The third kappa shape index (κ3) is 5.28. The second-order valence-corrected chi connectivity index (χ2v) is 5.86. The van der Waals surface area contributed by atoms with Crippen molar-refractivity contribution in [2.45, 2.75) is 12.4 Å². The molecule has 0 aliphatic heterocycles. The van der Waals surface area contributed by atoms with Crippen molar-refractivity contribution in [2.24, 2.45) is 0 Å². The number of alkyl halides is 3. The average molecular weight is 384 g/mol. The van der Waals surface area contributed by atoms with E-state index in [1.54, 1.807) is 6.92 Å². The normalized spacial score (nSPS) is 12.1. The van der Waals surface area contributed by atoms with Gasteiger partial charge in [-0.3, -0.25) is 0 Å². The van der Waals surface area contributed by atoms with Gasteiger partial charge in [0.05, 0.1) is 20.8 Å². The van der Waals surface area contributed by atoms with Crippen LogP contribution in [0.5, 0.6) is 17.2 Å². The van der Waals surface area contributed by atoms with Gasteiger partial charge in [-0.2, -0.15) is 21.6 Å². The van der Waals surface area contributed by atoms with E-state index in [1.165, 1.54) is 18.2 Å². The van der Waals surface area contributed by atoms with E-state index in [0.717, 1.165) is 20.3 Å². The van der Waals surface area contributed by atoms with Gasteiger partial charge in [-0.05, 0) is 30.7 Å². The summed E-state index contributed by atoms with van der Waals surface area (Å²) >= 11 is 0. The first-order chi connectivity index (χ1) is 11.6. The van der Waals surface area contributed by atoms with Crippen LogP contribution in [0.1, 0.15) is 12.5 Å². The van der Waals surface area contributed by atoms with Gasteiger partial charge in [-0.25, -0.2) is 4.79 Å². The Bertz CT molecular complexity index is 729. The zero-order valence-corrected chi connectivity index (χ0v) is 14.2. The molecule has 0 N–H and O–H groups in total. The van der Waals surface area contributed by atoms with Gasteiger partial charge in [0.15, 0.2) is 11.5 Å². The van der Waals surface area contributed by atoms with Crippen LogP contribution in [0.4, 0.5) is 13.2 Å². The van der Waals surface area contributed by atoms with E-state index >= 15 is 0 Å². The lowest BCUT2D eigenvalue weighted by Gasteiger charge is -2.15. The number of carbonyl (C=O) groups excluding carboxylic acids is 1. The first-order valence-electron chi connectivity index (χ1n) is 6.67. The predicted molar refractivity (Wildman–Crippen MR) is 80.8 cm³/mol. The Kier molecular flexibility index (Phi) is 6.68. The summed E-state index contributed by atoms with van der Waals surface area (Å²) in [5.41, 5.74) is -5.34. The third-order valence-corrected chi connectivity index (χ3v) is 3.61. The Balaban J connectivity index is 3.31. The summed E-state index contributed by atoms with van der Waals surface area (Å²) < 4.78 is 78.4. The first-order valence-corrected chi connectivity index (χ1v) is 8.08. The minimum Gasteiger partial charge on any atom is -0.493 e. The van der Waals surface area contributed by atoms with Crippen LogP contribution < -0.4 is 13.7 Å². The largest absolute Gasteiger partial charge is 0.534 e. The maximum atomic E-state index is 12.5. The summed E-state index contributed by atoms with van der Waals surface area (Å²) in [5, 5.41) is 0. The molecule has 1 rings (SSSR count). The molecule has 0 saturated carbocycles. The Morgan fingerprint density at radius 3 is 2.08 bits per heavy atom. The second kappa shape index (κ2) is 8.10. The van der Waals surface area contributed by atoms with Crippen molar-refractivity contribution in [1.29, 1.82) is 0 Å². The number of hydrogen-bond donors (Lipinski definition) is 0. The fraction of sp³-hybridized carbons (Fsp3) is 0.357. The van der Waals surface area contributed by atoms with Crippen LogP contribution in [0.25, 0.3) is 6.08 Å². The van der Waals surface area contributed by atoms with E-state index in [0.29, 0.717) is 0 Å². The molecule has 0 heterocycles. The fourth-order valence-corrected chi connectivity index (χ4v) is 2.07. The molecule has 0 amide bonds. The van der Waals surface area contributed by atoms with Crippen molar-refractivity contribution in [2.75, 3.05) is 20.8 Å². The second-order valence-electron chi connectivity index (χ2n) is 4.32. The molecule has 0 bridgehead atoms. The highest BCUT2D eigenvalue weighted by Crippen LogP contribution is 2.41. The average Bonchev–Trinajstić information content (AvgIpc) is 2.52. The number of ether oxygens (including phenoxy) is 3. The predicted octanol–water partition coefficient (Wildman–Crippen LogP) is 2.51. The molecule has 0 aromatic heterocycles. The summed E-state index contributed by atoms with van der Waals surface area (Å²) in [5.74, 6) is -2.08. The van der Waals surface area contributed by atoms with Crippen LogP contribution in [-0.2, 0) is 19.6 Å². The lowest BCUT2D eigenvalue weighted by molar-refractivity contribution is -0.137. The van der Waals surface area contributed by atoms with Crippen molar-refractivity contribution in [3.63, 3.8) is 0 Å². The van der Waals surface area contributed by atoms with Crippen LogP contribution in [0.15, 0.2) is 18.2 Å². The minimum atomic E-state index is -5.91. The highest BCUT2D eigenvalue weighted by Gasteiger charge is 2.49. The zero-order chi connectivity index (χ0) is 19.3. The quantitative estimate of drug-likeness (QED) is 0.309. The van der Waals surface area contributed by atoms with E-state index in [2.05, 4.69) is 8.92 Å². The van der Waals surface area contributed by atoms with Crippen LogP contribution in [0.2, 0.25) is 0 Å². The van der Waals surface area contributed by atoms with Gasteiger partial charge in [-0.1, -0.05) is 0 Å². The third-order valence-electron chi connectivity index (χ3n) is 2.66. The van der Waals surface area contributed by atoms with E-state index in [-0.39, 0.29) is 23.7 Å². The summed E-state index contributed by atoms with van der Waals surface area (Å²) in [6.07, 6.45) is 2.36. The molecule has 0 aliphatic rings. The molecule has 0 fully saturated rings. The molecule has 0 saturated heterocycles. The molecule has 25 heavy (non-hydrogen) atoms. The molecule has 0 radical (unpaired) electrons. The summed E-state index contributed by atoms with van der Waals surface area (Å²) in [4.78, 5) is 11.3. The van der Waals surface area contributed by atoms with Gasteiger partial charge in [0.1, 0.15) is 0 Å². The Hall–Kier alpha value is -2.43. The smallest absolute Gasteiger partial charge is 0.493 e. The van der Waals surface area contributed by atoms with Crippen molar-refractivity contribution >= 4 is 22.2 Å². The zero-order valence-electron chi connectivity index (χ0n) is 13.4. The first kappa shape index (κ1) is 20.6. The number of halogens is 3. The lowest BCUT2D eigenvalue weighted by Crippen LogP contribution is -2.28. The summed E-state index contributed by atoms with van der Waals surface area (Å²) in [7, 11) is -3.72. The molecule has 7 nitrogen and oxygen atoms in total. The SMILES string of the molecule is CCOC(=O)C=Cc1cc(OC)c(OS(=O)(=O)C(F)(F)F)c(OC)c1. The molecule has 0 atom stereocenters. The molecule has 0 aliphatic carbocycles. The Morgan fingerprint density at radius 1 is 1.16 bits per heavy atom. The van der Waals surface area contributed by atoms with Gasteiger partial charge in [0, 0.05) is 6.08 Å². The van der Waals surface area contributed by atoms with Gasteiger partial charge in [0.25, 0.3) is 0 Å². The van der Waals surface area contributed by atoms with E-state index in [9.17, 15) is 26.4 Å². The van der Waals surface area contributed by atoms with Crippen molar-refractivity contribution in [1.82, 2.24) is 0 Å². The van der Waals surface area contributed by atoms with Gasteiger partial charge >= 0.3 is 21.6 Å². The number of carbonyl (C=O) groups is 1. The van der Waals surface area contributed by atoms with E-state index in [4.69, 9.17) is 9.47 Å². The van der Waals surface area contributed by atoms with Crippen LogP contribution in [-0.4, -0.2) is 40.7 Å². The van der Waals surface area contributed by atoms with Crippen molar-refractivity contribution in [3.05, 3.63) is 23.8 Å². The van der Waals surface area contributed by atoms with E-state index in [1.807, 2.05) is 0 Å². The highest BCUT2D eigenvalue weighted by atomic mass is 32.2. The monoisotopic (exact) mass is 384 g/mol. The Labute approximate surface area is 142 Å².